The molecule has 9 nitrogen and oxygen atoms in total. The Hall–Kier alpha value is -0.270. The molecular formula is C9H21NO8P2. The number of carbonyl (C=O) groups is 1. The van der Waals surface area contributed by atoms with Crippen molar-refractivity contribution in [3.8, 4) is 0 Å². The summed E-state index contributed by atoms with van der Waals surface area (Å²) in [4.78, 5) is 46.8. The van der Waals surface area contributed by atoms with Gasteiger partial charge in [0, 0.05) is 19.4 Å². The molecule has 0 aromatic carbocycles. The summed E-state index contributed by atoms with van der Waals surface area (Å²) in [5.41, 5.74) is 0. The lowest BCUT2D eigenvalue weighted by molar-refractivity contribution is -0.121. The normalized spacial score (nSPS) is 13.3. The number of aliphatic hydroxyl groups is 1. The van der Waals surface area contributed by atoms with Crippen molar-refractivity contribution in [1.29, 1.82) is 0 Å². The zero-order valence-corrected chi connectivity index (χ0v) is 12.9. The Bertz CT molecular complexity index is 392. The van der Waals surface area contributed by atoms with Crippen LogP contribution in [0.25, 0.3) is 0 Å². The average molecular weight is 333 g/mol. The van der Waals surface area contributed by atoms with Crippen LogP contribution in [0.4, 0.5) is 0 Å². The zero-order chi connectivity index (χ0) is 16.0. The first-order valence-corrected chi connectivity index (χ1v) is 9.28. The monoisotopic (exact) mass is 333 g/mol. The molecule has 0 saturated carbocycles. The third kappa shape index (κ3) is 5.61. The van der Waals surface area contributed by atoms with Crippen LogP contribution in [0.1, 0.15) is 39.0 Å². The van der Waals surface area contributed by atoms with Crippen molar-refractivity contribution in [2.75, 3.05) is 6.54 Å². The Balaban J connectivity index is 4.43. The van der Waals surface area contributed by atoms with Crippen molar-refractivity contribution in [3.05, 3.63) is 0 Å². The fourth-order valence-corrected chi connectivity index (χ4v) is 3.70. The van der Waals surface area contributed by atoms with E-state index in [1.54, 1.807) is 0 Å². The van der Waals surface area contributed by atoms with Gasteiger partial charge in [0.05, 0.1) is 0 Å². The molecule has 0 radical (unpaired) electrons. The van der Waals surface area contributed by atoms with Crippen molar-refractivity contribution in [2.45, 2.75) is 44.1 Å². The lowest BCUT2D eigenvalue weighted by Gasteiger charge is -2.29. The molecule has 6 N–H and O–H groups in total. The fraction of sp³-hybridized carbons (Fsp3) is 0.889. The zero-order valence-electron chi connectivity index (χ0n) is 11.1. The maximum atomic E-state index is 11.2. The summed E-state index contributed by atoms with van der Waals surface area (Å²) in [5.74, 6) is -0.261. The number of amides is 1. The van der Waals surface area contributed by atoms with Gasteiger partial charge in [-0.05, 0) is 12.8 Å². The van der Waals surface area contributed by atoms with Crippen molar-refractivity contribution in [2.24, 2.45) is 0 Å². The molecule has 0 saturated heterocycles. The van der Waals surface area contributed by atoms with Crippen molar-refractivity contribution < 1.29 is 38.6 Å². The van der Waals surface area contributed by atoms with Gasteiger partial charge in [-0.2, -0.15) is 0 Å². The summed E-state index contributed by atoms with van der Waals surface area (Å²) in [6.07, 6.45) is 0.836. The molecule has 0 aromatic heterocycles. The third-order valence-corrected chi connectivity index (χ3v) is 6.58. The van der Waals surface area contributed by atoms with Gasteiger partial charge in [0.1, 0.15) is 0 Å². The predicted octanol–water partition coefficient (Wildman–Crippen LogP) is 0.0745. The summed E-state index contributed by atoms with van der Waals surface area (Å²) in [5, 5.41) is 8.58. The van der Waals surface area contributed by atoms with Crippen LogP contribution in [-0.4, -0.2) is 42.2 Å². The van der Waals surface area contributed by atoms with Crippen molar-refractivity contribution in [3.63, 3.8) is 0 Å². The molecule has 0 fully saturated rings. The molecule has 11 heteroatoms. The highest BCUT2D eigenvalue weighted by Gasteiger charge is 2.58. The topological polar surface area (TPSA) is 164 Å². The number of rotatable bonds is 9. The SMILES string of the molecule is CCCCC(=O)NCCCC(O)(P(=O)(O)O)P(=O)(O)O. The first-order valence-electron chi connectivity index (χ1n) is 6.06. The molecule has 0 aliphatic carbocycles. The fourth-order valence-electron chi connectivity index (χ4n) is 1.44. The van der Waals surface area contributed by atoms with Gasteiger partial charge in [-0.1, -0.05) is 13.3 Å². The van der Waals surface area contributed by atoms with E-state index >= 15 is 0 Å². The molecule has 0 aliphatic heterocycles. The van der Waals surface area contributed by atoms with E-state index in [4.69, 9.17) is 19.6 Å². The van der Waals surface area contributed by atoms with Gasteiger partial charge in [0.2, 0.25) is 5.91 Å². The molecule has 0 atom stereocenters. The molecule has 0 rings (SSSR count). The van der Waals surface area contributed by atoms with Crippen LogP contribution >= 0.6 is 15.2 Å². The van der Waals surface area contributed by atoms with Gasteiger partial charge < -0.3 is 30.0 Å². The number of hydrogen-bond donors (Lipinski definition) is 6. The van der Waals surface area contributed by atoms with Crippen LogP contribution in [0.2, 0.25) is 0 Å². The third-order valence-electron chi connectivity index (χ3n) is 2.70. The van der Waals surface area contributed by atoms with Gasteiger partial charge >= 0.3 is 15.2 Å². The Morgan fingerprint density at radius 2 is 1.60 bits per heavy atom. The second-order valence-electron chi connectivity index (χ2n) is 4.42. The number of carbonyl (C=O) groups excluding carboxylic acids is 1. The highest BCUT2D eigenvalue weighted by molar-refractivity contribution is 7.72. The molecule has 0 bridgehead atoms. The molecule has 0 aromatic rings. The van der Waals surface area contributed by atoms with E-state index in [-0.39, 0.29) is 18.9 Å². The minimum atomic E-state index is -5.41. The second kappa shape index (κ2) is 7.66. The highest BCUT2D eigenvalue weighted by atomic mass is 31.2. The van der Waals surface area contributed by atoms with Crippen LogP contribution < -0.4 is 5.32 Å². The molecule has 0 unspecified atom stereocenters. The lowest BCUT2D eigenvalue weighted by Crippen LogP contribution is -2.31. The highest BCUT2D eigenvalue weighted by Crippen LogP contribution is 2.69. The summed E-state index contributed by atoms with van der Waals surface area (Å²) in [6.45, 7) is 1.87. The maximum Gasteiger partial charge on any atom is 0.369 e. The first kappa shape index (κ1) is 19.7. The smallest absolute Gasteiger partial charge is 0.368 e. The Morgan fingerprint density at radius 3 is 2.00 bits per heavy atom. The number of unbranched alkanes of at least 4 members (excludes halogenated alkanes) is 1. The van der Waals surface area contributed by atoms with E-state index in [0.29, 0.717) is 12.8 Å². The second-order valence-corrected chi connectivity index (χ2v) is 8.43. The minimum absolute atomic E-state index is 0.0368. The molecule has 0 aliphatic rings. The summed E-state index contributed by atoms with van der Waals surface area (Å²) < 4.78 is 22.1. The summed E-state index contributed by atoms with van der Waals surface area (Å²) >= 11 is 0. The van der Waals surface area contributed by atoms with E-state index < -0.39 is 26.7 Å². The predicted molar refractivity (Wildman–Crippen MR) is 70.8 cm³/mol. The lowest BCUT2D eigenvalue weighted by atomic mass is 10.2. The van der Waals surface area contributed by atoms with E-state index in [2.05, 4.69) is 5.32 Å². The summed E-state index contributed by atoms with van der Waals surface area (Å²) in [7, 11) is -10.8. The van der Waals surface area contributed by atoms with Crippen molar-refractivity contribution >= 4 is 21.1 Å². The van der Waals surface area contributed by atoms with E-state index in [9.17, 15) is 19.0 Å². The Labute approximate surface area is 116 Å². The van der Waals surface area contributed by atoms with Crippen LogP contribution in [-0.2, 0) is 13.9 Å². The van der Waals surface area contributed by atoms with Gasteiger partial charge in [-0.15, -0.1) is 0 Å². The van der Waals surface area contributed by atoms with Gasteiger partial charge in [0.25, 0.3) is 5.08 Å². The maximum absolute atomic E-state index is 11.2. The van der Waals surface area contributed by atoms with Gasteiger partial charge in [-0.25, -0.2) is 0 Å². The summed E-state index contributed by atoms with van der Waals surface area (Å²) in [6, 6.07) is 0. The first-order chi connectivity index (χ1) is 8.95. The molecule has 0 heterocycles. The van der Waals surface area contributed by atoms with Gasteiger partial charge in [-0.3, -0.25) is 13.9 Å². The minimum Gasteiger partial charge on any atom is -0.368 e. The Kier molecular flexibility index (Phi) is 7.55. The van der Waals surface area contributed by atoms with Gasteiger partial charge in [0.15, 0.2) is 0 Å². The van der Waals surface area contributed by atoms with Crippen LogP contribution in [0.15, 0.2) is 0 Å². The van der Waals surface area contributed by atoms with Crippen LogP contribution in [0.3, 0.4) is 0 Å². The van der Waals surface area contributed by atoms with Crippen molar-refractivity contribution in [1.82, 2.24) is 5.32 Å². The number of nitrogens with one attached hydrogen (secondary N) is 1. The molecule has 120 valence electrons. The quantitative estimate of drug-likeness (QED) is 0.255. The largest absolute Gasteiger partial charge is 0.369 e. The molecule has 1 amide bonds. The standard InChI is InChI=1S/C9H21NO8P2/c1-2-3-5-8(11)10-7-4-6-9(12,19(13,14)15)20(16,17)18/h12H,2-7H2,1H3,(H,10,11)(H2,13,14,15)(H2,16,17,18). The molecule has 0 spiro atoms. The Morgan fingerprint density at radius 1 is 1.10 bits per heavy atom. The number of hydrogen-bond acceptors (Lipinski definition) is 4. The van der Waals surface area contributed by atoms with E-state index in [1.807, 2.05) is 6.92 Å². The molecule has 20 heavy (non-hydrogen) atoms. The van der Waals surface area contributed by atoms with E-state index in [1.165, 1.54) is 0 Å². The molecular weight excluding hydrogens is 312 g/mol. The van der Waals surface area contributed by atoms with E-state index in [0.717, 1.165) is 6.42 Å². The van der Waals surface area contributed by atoms with Crippen LogP contribution in [0, 0.1) is 0 Å². The van der Waals surface area contributed by atoms with Crippen LogP contribution in [0.5, 0.6) is 0 Å². The average Bonchev–Trinajstić information content (AvgIpc) is 2.28.